The predicted octanol–water partition coefficient (Wildman–Crippen LogP) is 4.95. The van der Waals surface area contributed by atoms with Crippen LogP contribution < -0.4 is 5.32 Å². The highest BCUT2D eigenvalue weighted by molar-refractivity contribution is 9.10. The molecule has 0 fully saturated rings. The number of anilines is 1. The van der Waals surface area contributed by atoms with E-state index in [4.69, 9.17) is 5.26 Å². The van der Waals surface area contributed by atoms with Crippen LogP contribution in [0.1, 0.15) is 29.8 Å². The van der Waals surface area contributed by atoms with Crippen LogP contribution in [0.5, 0.6) is 0 Å². The van der Waals surface area contributed by atoms with Crippen LogP contribution in [-0.2, 0) is 0 Å². The standard InChI is InChI=1S/C14H13BrN2S/c1-2-13(14-4-3-7-18-14)17-11-6-5-10(9-16)12(15)8-11/h3-8,13,17H,2H2,1H3. The van der Waals surface area contributed by atoms with E-state index in [0.717, 1.165) is 16.6 Å². The Bertz CT molecular complexity index is 558. The lowest BCUT2D eigenvalue weighted by Crippen LogP contribution is -2.08. The van der Waals surface area contributed by atoms with Crippen molar-refractivity contribution in [3.05, 3.63) is 50.6 Å². The van der Waals surface area contributed by atoms with Crippen molar-refractivity contribution in [2.24, 2.45) is 0 Å². The van der Waals surface area contributed by atoms with Crippen LogP contribution in [0.25, 0.3) is 0 Å². The summed E-state index contributed by atoms with van der Waals surface area (Å²) in [7, 11) is 0. The number of thiophene rings is 1. The summed E-state index contributed by atoms with van der Waals surface area (Å²) in [4.78, 5) is 1.33. The van der Waals surface area contributed by atoms with Crippen molar-refractivity contribution in [1.29, 1.82) is 5.26 Å². The number of hydrogen-bond acceptors (Lipinski definition) is 3. The second-order valence-corrected chi connectivity index (χ2v) is 5.76. The summed E-state index contributed by atoms with van der Waals surface area (Å²) < 4.78 is 0.830. The first-order chi connectivity index (χ1) is 8.74. The summed E-state index contributed by atoms with van der Waals surface area (Å²) in [5.41, 5.74) is 1.69. The number of nitrogens with one attached hydrogen (secondary N) is 1. The highest BCUT2D eigenvalue weighted by atomic mass is 79.9. The zero-order valence-electron chi connectivity index (χ0n) is 9.98. The first-order valence-corrected chi connectivity index (χ1v) is 7.41. The molecule has 0 aliphatic carbocycles. The molecular formula is C14H13BrN2S. The lowest BCUT2D eigenvalue weighted by Gasteiger charge is -2.17. The van der Waals surface area contributed by atoms with Crippen molar-refractivity contribution in [3.63, 3.8) is 0 Å². The summed E-state index contributed by atoms with van der Waals surface area (Å²) in [6, 6.07) is 12.4. The predicted molar refractivity (Wildman–Crippen MR) is 79.8 cm³/mol. The molecule has 0 aliphatic heterocycles. The first-order valence-electron chi connectivity index (χ1n) is 5.74. The molecule has 0 amide bonds. The minimum atomic E-state index is 0.324. The molecule has 0 radical (unpaired) electrons. The molecule has 18 heavy (non-hydrogen) atoms. The molecule has 4 heteroatoms. The van der Waals surface area contributed by atoms with Crippen LogP contribution in [0, 0.1) is 11.3 Å². The fourth-order valence-corrected chi connectivity index (χ4v) is 3.09. The van der Waals surface area contributed by atoms with Gasteiger partial charge in [-0.2, -0.15) is 5.26 Å². The second kappa shape index (κ2) is 6.03. The molecule has 2 aromatic rings. The number of rotatable bonds is 4. The van der Waals surface area contributed by atoms with Crippen LogP contribution in [0.15, 0.2) is 40.2 Å². The third-order valence-electron chi connectivity index (χ3n) is 2.73. The molecule has 0 saturated heterocycles. The van der Waals surface area contributed by atoms with Gasteiger partial charge in [-0.3, -0.25) is 0 Å². The minimum absolute atomic E-state index is 0.324. The first kappa shape index (κ1) is 13.1. The van der Waals surface area contributed by atoms with Gasteiger partial charge in [0.15, 0.2) is 0 Å². The van der Waals surface area contributed by atoms with Gasteiger partial charge in [-0.15, -0.1) is 11.3 Å². The Morgan fingerprint density at radius 3 is 2.83 bits per heavy atom. The average molecular weight is 321 g/mol. The average Bonchev–Trinajstić information content (AvgIpc) is 2.90. The van der Waals surface area contributed by atoms with Crippen molar-refractivity contribution < 1.29 is 0 Å². The third kappa shape index (κ3) is 2.92. The van der Waals surface area contributed by atoms with Crippen molar-refractivity contribution in [3.8, 4) is 6.07 Å². The van der Waals surface area contributed by atoms with E-state index >= 15 is 0 Å². The van der Waals surface area contributed by atoms with Gasteiger partial charge < -0.3 is 5.32 Å². The van der Waals surface area contributed by atoms with E-state index in [1.807, 2.05) is 18.2 Å². The third-order valence-corrected chi connectivity index (χ3v) is 4.37. The van der Waals surface area contributed by atoms with E-state index in [1.54, 1.807) is 11.3 Å². The monoisotopic (exact) mass is 320 g/mol. The van der Waals surface area contributed by atoms with Gasteiger partial charge in [-0.25, -0.2) is 0 Å². The van der Waals surface area contributed by atoms with Gasteiger partial charge >= 0.3 is 0 Å². The number of benzene rings is 1. The molecule has 1 heterocycles. The number of hydrogen-bond donors (Lipinski definition) is 1. The molecule has 2 rings (SSSR count). The van der Waals surface area contributed by atoms with Crippen molar-refractivity contribution >= 4 is 33.0 Å². The fraction of sp³-hybridized carbons (Fsp3) is 0.214. The Morgan fingerprint density at radius 2 is 2.28 bits per heavy atom. The Labute approximate surface area is 119 Å². The molecule has 0 spiro atoms. The Balaban J connectivity index is 2.18. The summed E-state index contributed by atoms with van der Waals surface area (Å²) in [5.74, 6) is 0. The van der Waals surface area contributed by atoms with Crippen LogP contribution in [0.4, 0.5) is 5.69 Å². The SMILES string of the molecule is CCC(Nc1ccc(C#N)c(Br)c1)c1cccs1. The maximum absolute atomic E-state index is 8.89. The van der Waals surface area contributed by atoms with Gasteiger partial charge in [0.1, 0.15) is 6.07 Å². The normalized spacial score (nSPS) is 11.8. The maximum Gasteiger partial charge on any atom is 0.100 e. The zero-order chi connectivity index (χ0) is 13.0. The highest BCUT2D eigenvalue weighted by Crippen LogP contribution is 2.28. The topological polar surface area (TPSA) is 35.8 Å². The van der Waals surface area contributed by atoms with Crippen molar-refractivity contribution in [2.75, 3.05) is 5.32 Å². The van der Waals surface area contributed by atoms with E-state index in [9.17, 15) is 0 Å². The number of nitriles is 1. The van der Waals surface area contributed by atoms with Crippen LogP contribution in [0.2, 0.25) is 0 Å². The van der Waals surface area contributed by atoms with E-state index in [-0.39, 0.29) is 0 Å². The lowest BCUT2D eigenvalue weighted by molar-refractivity contribution is 0.764. The van der Waals surface area contributed by atoms with E-state index in [0.29, 0.717) is 11.6 Å². The van der Waals surface area contributed by atoms with Crippen LogP contribution in [-0.4, -0.2) is 0 Å². The van der Waals surface area contributed by atoms with Crippen molar-refractivity contribution in [1.82, 2.24) is 0 Å². The largest absolute Gasteiger partial charge is 0.377 e. The summed E-state index contributed by atoms with van der Waals surface area (Å²) in [6.45, 7) is 2.16. The Morgan fingerprint density at radius 1 is 1.44 bits per heavy atom. The second-order valence-electron chi connectivity index (χ2n) is 3.93. The molecule has 0 aliphatic rings. The van der Waals surface area contributed by atoms with Gasteiger partial charge in [0.05, 0.1) is 11.6 Å². The fourth-order valence-electron chi connectivity index (χ4n) is 1.76. The van der Waals surface area contributed by atoms with Gasteiger partial charge in [-0.1, -0.05) is 13.0 Å². The van der Waals surface area contributed by atoms with E-state index in [1.165, 1.54) is 4.88 Å². The summed E-state index contributed by atoms with van der Waals surface area (Å²) in [5, 5.41) is 14.5. The van der Waals surface area contributed by atoms with Gasteiger partial charge in [-0.05, 0) is 52.0 Å². The molecule has 1 N–H and O–H groups in total. The summed E-state index contributed by atoms with van der Waals surface area (Å²) in [6.07, 6.45) is 1.03. The van der Waals surface area contributed by atoms with E-state index < -0.39 is 0 Å². The van der Waals surface area contributed by atoms with Gasteiger partial charge in [0.25, 0.3) is 0 Å². The molecular weight excluding hydrogens is 308 g/mol. The summed E-state index contributed by atoms with van der Waals surface area (Å²) >= 11 is 5.17. The van der Waals surface area contributed by atoms with Crippen molar-refractivity contribution in [2.45, 2.75) is 19.4 Å². The molecule has 92 valence electrons. The van der Waals surface area contributed by atoms with E-state index in [2.05, 4.69) is 51.8 Å². The molecule has 1 aromatic carbocycles. The Kier molecular flexibility index (Phi) is 4.40. The lowest BCUT2D eigenvalue weighted by atomic mass is 10.1. The maximum atomic E-state index is 8.89. The van der Waals surface area contributed by atoms with Crippen LogP contribution >= 0.6 is 27.3 Å². The molecule has 0 saturated carbocycles. The van der Waals surface area contributed by atoms with Gasteiger partial charge in [0, 0.05) is 15.0 Å². The minimum Gasteiger partial charge on any atom is -0.377 e. The molecule has 1 atom stereocenters. The molecule has 1 aromatic heterocycles. The number of nitrogens with zero attached hydrogens (tertiary/aromatic N) is 1. The quantitative estimate of drug-likeness (QED) is 0.865. The molecule has 0 bridgehead atoms. The Hall–Kier alpha value is -1.31. The smallest absolute Gasteiger partial charge is 0.100 e. The molecule has 1 unspecified atom stereocenters. The van der Waals surface area contributed by atoms with Crippen LogP contribution in [0.3, 0.4) is 0 Å². The zero-order valence-corrected chi connectivity index (χ0v) is 12.4. The molecule has 2 nitrogen and oxygen atoms in total. The van der Waals surface area contributed by atoms with Gasteiger partial charge in [0.2, 0.25) is 0 Å². The number of halogens is 1. The highest BCUT2D eigenvalue weighted by Gasteiger charge is 2.10.